The molecule has 3 amide bonds. The molecule has 1 aliphatic heterocycles. The van der Waals surface area contributed by atoms with Gasteiger partial charge in [0.2, 0.25) is 11.8 Å². The molecular formula is C31H36BrN3O5. The lowest BCUT2D eigenvalue weighted by Crippen LogP contribution is -2.50. The Labute approximate surface area is 243 Å². The number of ether oxygens (including phenoxy) is 2. The molecule has 0 fully saturated rings. The molecule has 1 unspecified atom stereocenters. The fourth-order valence-electron chi connectivity index (χ4n) is 4.83. The number of aryl methyl sites for hydroxylation is 1. The van der Waals surface area contributed by atoms with Crippen LogP contribution in [0.5, 0.6) is 5.75 Å². The fourth-order valence-corrected chi connectivity index (χ4v) is 5.21. The lowest BCUT2D eigenvalue weighted by molar-refractivity contribution is -0.129. The Morgan fingerprint density at radius 3 is 2.60 bits per heavy atom. The molecule has 1 aliphatic rings. The molecule has 2 N–H and O–H groups in total. The van der Waals surface area contributed by atoms with Crippen LogP contribution in [0.15, 0.2) is 59.1 Å². The van der Waals surface area contributed by atoms with E-state index in [4.69, 9.17) is 9.47 Å². The predicted molar refractivity (Wildman–Crippen MR) is 159 cm³/mol. The van der Waals surface area contributed by atoms with Crippen molar-refractivity contribution in [1.29, 1.82) is 0 Å². The van der Waals surface area contributed by atoms with Gasteiger partial charge in [-0.15, -0.1) is 0 Å². The minimum absolute atomic E-state index is 0.0916. The second-order valence-corrected chi connectivity index (χ2v) is 12.0. The normalized spacial score (nSPS) is 16.1. The Balaban J connectivity index is 1.58. The zero-order chi connectivity index (χ0) is 29.0. The summed E-state index contributed by atoms with van der Waals surface area (Å²) < 4.78 is 11.9. The number of hydrogen-bond donors (Lipinski definition) is 2. The number of alkyl carbamates (subject to hydrolysis) is 1. The minimum Gasteiger partial charge on any atom is -0.496 e. The van der Waals surface area contributed by atoms with Crippen molar-refractivity contribution in [3.8, 4) is 5.75 Å². The Morgan fingerprint density at radius 2 is 1.88 bits per heavy atom. The number of hydrogen-bond acceptors (Lipinski definition) is 5. The van der Waals surface area contributed by atoms with Gasteiger partial charge in [0.05, 0.1) is 19.6 Å². The molecule has 0 bridgehead atoms. The van der Waals surface area contributed by atoms with E-state index in [1.165, 1.54) is 0 Å². The first-order valence-corrected chi connectivity index (χ1v) is 14.2. The number of para-hydroxylation sites is 1. The van der Waals surface area contributed by atoms with Crippen LogP contribution in [0.2, 0.25) is 0 Å². The SMILES string of the molecule is COc1ccc2cc(Br)ccc2c1CN1C(=O)[C@@H](NC(=O)C(C)CNC(=O)OC(C)(C)C)CCc2ccccc21. The fraction of sp³-hybridized carbons (Fsp3) is 0.387. The summed E-state index contributed by atoms with van der Waals surface area (Å²) in [5.74, 6) is -0.377. The van der Waals surface area contributed by atoms with Crippen molar-refractivity contribution in [3.05, 3.63) is 70.2 Å². The third-order valence-electron chi connectivity index (χ3n) is 6.85. The van der Waals surface area contributed by atoms with Crippen molar-refractivity contribution in [2.75, 3.05) is 18.6 Å². The molecule has 3 aromatic rings. The van der Waals surface area contributed by atoms with Crippen LogP contribution in [0, 0.1) is 5.92 Å². The van der Waals surface area contributed by atoms with Crippen molar-refractivity contribution < 1.29 is 23.9 Å². The molecule has 4 rings (SSSR count). The monoisotopic (exact) mass is 609 g/mol. The Kier molecular flexibility index (Phi) is 9.03. The average molecular weight is 611 g/mol. The van der Waals surface area contributed by atoms with E-state index in [1.54, 1.807) is 39.7 Å². The Morgan fingerprint density at radius 1 is 1.12 bits per heavy atom. The van der Waals surface area contributed by atoms with Crippen LogP contribution in [-0.4, -0.2) is 43.2 Å². The molecule has 0 aliphatic carbocycles. The highest BCUT2D eigenvalue weighted by Gasteiger charge is 2.33. The summed E-state index contributed by atoms with van der Waals surface area (Å²) in [5, 5.41) is 7.59. The summed E-state index contributed by atoms with van der Waals surface area (Å²) in [6.07, 6.45) is 0.507. The van der Waals surface area contributed by atoms with E-state index >= 15 is 0 Å². The largest absolute Gasteiger partial charge is 0.496 e. The van der Waals surface area contributed by atoms with Gasteiger partial charge in [0.15, 0.2) is 0 Å². The van der Waals surface area contributed by atoms with Crippen molar-refractivity contribution in [2.45, 2.75) is 58.7 Å². The maximum absolute atomic E-state index is 14.1. The first-order chi connectivity index (χ1) is 19.0. The van der Waals surface area contributed by atoms with E-state index in [2.05, 4.69) is 26.6 Å². The number of amides is 3. The number of rotatable bonds is 7. The molecule has 0 spiro atoms. The Bertz CT molecular complexity index is 1420. The number of nitrogens with zero attached hydrogens (tertiary/aromatic N) is 1. The van der Waals surface area contributed by atoms with Crippen molar-refractivity contribution >= 4 is 50.3 Å². The number of halogens is 1. The number of anilines is 1. The zero-order valence-electron chi connectivity index (χ0n) is 23.5. The van der Waals surface area contributed by atoms with Crippen LogP contribution < -0.4 is 20.3 Å². The molecular weight excluding hydrogens is 574 g/mol. The van der Waals surface area contributed by atoms with Gasteiger partial charge in [0, 0.05) is 22.3 Å². The highest BCUT2D eigenvalue weighted by molar-refractivity contribution is 9.10. The molecule has 212 valence electrons. The molecule has 1 heterocycles. The quantitative estimate of drug-likeness (QED) is 0.356. The number of carbonyl (C=O) groups is 3. The van der Waals surface area contributed by atoms with Gasteiger partial charge in [-0.05, 0) is 74.2 Å². The van der Waals surface area contributed by atoms with Crippen LogP contribution in [0.4, 0.5) is 10.5 Å². The lowest BCUT2D eigenvalue weighted by Gasteiger charge is -2.28. The first kappa shape index (κ1) is 29.4. The standard InChI is InChI=1S/C31H36BrN3O5/c1-19(17-33-30(38)40-31(2,3)4)28(36)34-25-14-10-20-8-6-7-9-26(20)35(29(25)37)18-24-23-13-12-22(32)16-21(23)11-15-27(24)39-5/h6-9,11-13,15-16,19,25H,10,14,17-18H2,1-5H3,(H,33,38)(H,34,36)/t19?,25-/m0/s1. The molecule has 9 heteroatoms. The van der Waals surface area contributed by atoms with E-state index in [9.17, 15) is 14.4 Å². The topological polar surface area (TPSA) is 97.0 Å². The van der Waals surface area contributed by atoms with Gasteiger partial charge < -0.3 is 25.0 Å². The third-order valence-corrected chi connectivity index (χ3v) is 7.34. The smallest absolute Gasteiger partial charge is 0.407 e. The maximum Gasteiger partial charge on any atom is 0.407 e. The van der Waals surface area contributed by atoms with Gasteiger partial charge in [-0.1, -0.05) is 53.2 Å². The van der Waals surface area contributed by atoms with Crippen LogP contribution in [-0.2, 0) is 27.3 Å². The van der Waals surface area contributed by atoms with Crippen LogP contribution in [0.25, 0.3) is 10.8 Å². The Hall–Kier alpha value is -3.59. The summed E-state index contributed by atoms with van der Waals surface area (Å²) in [6.45, 7) is 7.40. The summed E-state index contributed by atoms with van der Waals surface area (Å²) in [5.41, 5.74) is 2.11. The van der Waals surface area contributed by atoms with Gasteiger partial charge in [-0.2, -0.15) is 0 Å². The molecule has 3 aromatic carbocycles. The summed E-state index contributed by atoms with van der Waals surface area (Å²) in [7, 11) is 1.62. The van der Waals surface area contributed by atoms with E-state index in [0.29, 0.717) is 18.6 Å². The number of carbonyl (C=O) groups excluding carboxylic acids is 3. The van der Waals surface area contributed by atoms with E-state index < -0.39 is 23.7 Å². The predicted octanol–water partition coefficient (Wildman–Crippen LogP) is 5.74. The molecule has 0 saturated carbocycles. The zero-order valence-corrected chi connectivity index (χ0v) is 25.1. The number of nitrogens with one attached hydrogen (secondary N) is 2. The van der Waals surface area contributed by atoms with E-state index in [1.807, 2.05) is 54.6 Å². The second-order valence-electron chi connectivity index (χ2n) is 11.0. The van der Waals surface area contributed by atoms with Crippen molar-refractivity contribution in [1.82, 2.24) is 10.6 Å². The summed E-state index contributed by atoms with van der Waals surface area (Å²) in [4.78, 5) is 41.0. The molecule has 0 saturated heterocycles. The minimum atomic E-state index is -0.723. The third kappa shape index (κ3) is 6.94. The van der Waals surface area contributed by atoms with E-state index in [0.717, 1.165) is 32.1 Å². The van der Waals surface area contributed by atoms with Crippen LogP contribution in [0.1, 0.15) is 45.2 Å². The van der Waals surface area contributed by atoms with Crippen LogP contribution in [0.3, 0.4) is 0 Å². The van der Waals surface area contributed by atoms with Gasteiger partial charge in [0.25, 0.3) is 0 Å². The highest BCUT2D eigenvalue weighted by Crippen LogP contribution is 2.35. The van der Waals surface area contributed by atoms with Gasteiger partial charge in [0.1, 0.15) is 17.4 Å². The number of benzene rings is 3. The van der Waals surface area contributed by atoms with E-state index in [-0.39, 0.29) is 24.9 Å². The summed E-state index contributed by atoms with van der Waals surface area (Å²) >= 11 is 3.54. The van der Waals surface area contributed by atoms with Crippen molar-refractivity contribution in [3.63, 3.8) is 0 Å². The molecule has 0 radical (unpaired) electrons. The highest BCUT2D eigenvalue weighted by atomic mass is 79.9. The average Bonchev–Trinajstić information content (AvgIpc) is 3.03. The van der Waals surface area contributed by atoms with Gasteiger partial charge in [-0.3, -0.25) is 9.59 Å². The number of methoxy groups -OCH3 is 1. The number of fused-ring (bicyclic) bond motifs is 2. The lowest BCUT2D eigenvalue weighted by atomic mass is 10.0. The molecule has 0 aromatic heterocycles. The van der Waals surface area contributed by atoms with Gasteiger partial charge >= 0.3 is 6.09 Å². The van der Waals surface area contributed by atoms with Gasteiger partial charge in [-0.25, -0.2) is 4.79 Å². The molecule has 8 nitrogen and oxygen atoms in total. The maximum atomic E-state index is 14.1. The molecule has 2 atom stereocenters. The second kappa shape index (κ2) is 12.3. The van der Waals surface area contributed by atoms with Crippen molar-refractivity contribution in [2.24, 2.45) is 5.92 Å². The molecule has 40 heavy (non-hydrogen) atoms. The summed E-state index contributed by atoms with van der Waals surface area (Å²) in [6, 6.07) is 17.0. The first-order valence-electron chi connectivity index (χ1n) is 13.4. The van der Waals surface area contributed by atoms with Crippen LogP contribution >= 0.6 is 15.9 Å².